The molecule has 108 valence electrons. The maximum Gasteiger partial charge on any atom is 0.338 e. The van der Waals surface area contributed by atoms with Crippen molar-refractivity contribution >= 4 is 17.6 Å². The predicted molar refractivity (Wildman–Crippen MR) is 81.2 cm³/mol. The van der Waals surface area contributed by atoms with E-state index in [4.69, 9.17) is 4.74 Å². The van der Waals surface area contributed by atoms with E-state index in [1.165, 1.54) is 0 Å². The number of carbonyl (C=O) groups is 2. The molecule has 0 unspecified atom stereocenters. The third-order valence-electron chi connectivity index (χ3n) is 2.89. The van der Waals surface area contributed by atoms with E-state index < -0.39 is 0 Å². The van der Waals surface area contributed by atoms with Gasteiger partial charge in [-0.1, -0.05) is 30.3 Å². The average molecular weight is 283 g/mol. The number of carbonyl (C=O) groups excluding carboxylic acids is 2. The lowest BCUT2D eigenvalue weighted by Gasteiger charge is -2.06. The van der Waals surface area contributed by atoms with E-state index in [-0.39, 0.29) is 18.3 Å². The van der Waals surface area contributed by atoms with Crippen LogP contribution in [0.3, 0.4) is 0 Å². The lowest BCUT2D eigenvalue weighted by molar-refractivity contribution is -0.115. The summed E-state index contributed by atoms with van der Waals surface area (Å²) in [6.45, 7) is 2.11. The fourth-order valence-electron chi connectivity index (χ4n) is 1.89. The molecule has 21 heavy (non-hydrogen) atoms. The number of anilines is 1. The summed E-state index contributed by atoms with van der Waals surface area (Å²) in [6, 6.07) is 16.2. The average Bonchev–Trinajstić information content (AvgIpc) is 2.49. The van der Waals surface area contributed by atoms with Gasteiger partial charge in [0.2, 0.25) is 5.91 Å². The van der Waals surface area contributed by atoms with E-state index in [0.29, 0.717) is 12.2 Å². The lowest BCUT2D eigenvalue weighted by Crippen LogP contribution is -2.14. The maximum atomic E-state index is 11.9. The van der Waals surface area contributed by atoms with Crippen molar-refractivity contribution in [2.75, 3.05) is 11.9 Å². The Morgan fingerprint density at radius 2 is 1.67 bits per heavy atom. The van der Waals surface area contributed by atoms with Crippen molar-refractivity contribution in [1.82, 2.24) is 0 Å². The Hall–Kier alpha value is -2.62. The number of rotatable bonds is 5. The molecule has 0 heterocycles. The van der Waals surface area contributed by atoms with Crippen molar-refractivity contribution in [2.45, 2.75) is 13.3 Å². The van der Waals surface area contributed by atoms with E-state index in [1.54, 1.807) is 31.2 Å². The first-order chi connectivity index (χ1) is 10.2. The summed E-state index contributed by atoms with van der Waals surface area (Å²) in [7, 11) is 0. The molecule has 0 fully saturated rings. The molecule has 0 saturated carbocycles. The molecule has 0 aliphatic carbocycles. The van der Waals surface area contributed by atoms with E-state index in [2.05, 4.69) is 5.32 Å². The Morgan fingerprint density at radius 3 is 2.29 bits per heavy atom. The Balaban J connectivity index is 1.94. The number of nitrogens with one attached hydrogen (secondary N) is 1. The maximum absolute atomic E-state index is 11.9. The van der Waals surface area contributed by atoms with Crippen molar-refractivity contribution < 1.29 is 14.3 Å². The number of esters is 1. The third-order valence-corrected chi connectivity index (χ3v) is 2.89. The molecule has 2 aromatic carbocycles. The smallest absolute Gasteiger partial charge is 0.338 e. The Labute approximate surface area is 123 Å². The van der Waals surface area contributed by atoms with E-state index in [1.807, 2.05) is 30.3 Å². The first-order valence-corrected chi connectivity index (χ1v) is 6.80. The fourth-order valence-corrected chi connectivity index (χ4v) is 1.89. The molecule has 4 heteroatoms. The molecule has 0 aliphatic heterocycles. The number of hydrogen-bond acceptors (Lipinski definition) is 3. The second kappa shape index (κ2) is 7.24. The van der Waals surface area contributed by atoms with Gasteiger partial charge in [0.1, 0.15) is 0 Å². The molecule has 0 radical (unpaired) electrons. The zero-order valence-electron chi connectivity index (χ0n) is 11.8. The van der Waals surface area contributed by atoms with Gasteiger partial charge in [-0.15, -0.1) is 0 Å². The second-order valence-corrected chi connectivity index (χ2v) is 4.51. The van der Waals surface area contributed by atoms with Crippen LogP contribution in [0.15, 0.2) is 54.6 Å². The van der Waals surface area contributed by atoms with Gasteiger partial charge in [0.05, 0.1) is 18.6 Å². The van der Waals surface area contributed by atoms with E-state index in [9.17, 15) is 9.59 Å². The van der Waals surface area contributed by atoms with E-state index in [0.717, 1.165) is 11.3 Å². The van der Waals surface area contributed by atoms with Gasteiger partial charge in [-0.05, 0) is 36.8 Å². The molecule has 0 aliphatic rings. The highest BCUT2D eigenvalue weighted by atomic mass is 16.5. The van der Waals surface area contributed by atoms with E-state index >= 15 is 0 Å². The topological polar surface area (TPSA) is 55.4 Å². The highest BCUT2D eigenvalue weighted by Crippen LogP contribution is 2.09. The molecule has 4 nitrogen and oxygen atoms in total. The van der Waals surface area contributed by atoms with Gasteiger partial charge in [0, 0.05) is 5.69 Å². The van der Waals surface area contributed by atoms with Gasteiger partial charge < -0.3 is 10.1 Å². The van der Waals surface area contributed by atoms with Gasteiger partial charge in [0.25, 0.3) is 0 Å². The van der Waals surface area contributed by atoms with Crippen LogP contribution in [0.1, 0.15) is 22.8 Å². The van der Waals surface area contributed by atoms with Gasteiger partial charge in [0.15, 0.2) is 0 Å². The summed E-state index contributed by atoms with van der Waals surface area (Å²) in [5, 5.41) is 2.82. The molecule has 0 atom stereocenters. The quantitative estimate of drug-likeness (QED) is 0.858. The van der Waals surface area contributed by atoms with Crippen LogP contribution in [0.25, 0.3) is 0 Å². The largest absolute Gasteiger partial charge is 0.462 e. The Bertz CT molecular complexity index is 606. The SMILES string of the molecule is CCOC(=O)c1ccc(CC(=O)Nc2ccccc2)cc1. The Morgan fingerprint density at radius 1 is 1.00 bits per heavy atom. The van der Waals surface area contributed by atoms with Crippen LogP contribution in [-0.4, -0.2) is 18.5 Å². The van der Waals surface area contributed by atoms with Crippen LogP contribution in [0.2, 0.25) is 0 Å². The van der Waals surface area contributed by atoms with Gasteiger partial charge in [-0.2, -0.15) is 0 Å². The summed E-state index contributed by atoms with van der Waals surface area (Å²) in [4.78, 5) is 23.4. The van der Waals surface area contributed by atoms with Crippen LogP contribution in [0.4, 0.5) is 5.69 Å². The lowest BCUT2D eigenvalue weighted by atomic mass is 10.1. The van der Waals surface area contributed by atoms with Crippen LogP contribution in [0, 0.1) is 0 Å². The number of para-hydroxylation sites is 1. The highest BCUT2D eigenvalue weighted by molar-refractivity contribution is 5.93. The van der Waals surface area contributed by atoms with Gasteiger partial charge >= 0.3 is 5.97 Å². The molecule has 0 spiro atoms. The number of hydrogen-bond donors (Lipinski definition) is 1. The van der Waals surface area contributed by atoms with Crippen molar-refractivity contribution in [3.8, 4) is 0 Å². The van der Waals surface area contributed by atoms with Crippen molar-refractivity contribution in [3.05, 3.63) is 65.7 Å². The fraction of sp³-hybridized carbons (Fsp3) is 0.176. The van der Waals surface area contributed by atoms with Crippen LogP contribution < -0.4 is 5.32 Å². The Kier molecular flexibility index (Phi) is 5.10. The molecule has 2 aromatic rings. The summed E-state index contributed by atoms with van der Waals surface area (Å²) >= 11 is 0. The summed E-state index contributed by atoms with van der Waals surface area (Å²) in [5.74, 6) is -0.442. The molecule has 0 saturated heterocycles. The van der Waals surface area contributed by atoms with Crippen LogP contribution >= 0.6 is 0 Å². The minimum absolute atomic E-state index is 0.0925. The molecule has 0 bridgehead atoms. The number of ether oxygens (including phenoxy) is 1. The van der Waals surface area contributed by atoms with Crippen molar-refractivity contribution in [3.63, 3.8) is 0 Å². The van der Waals surface area contributed by atoms with Crippen molar-refractivity contribution in [1.29, 1.82) is 0 Å². The second-order valence-electron chi connectivity index (χ2n) is 4.51. The summed E-state index contributed by atoms with van der Waals surface area (Å²) < 4.78 is 4.91. The minimum atomic E-state index is -0.349. The monoisotopic (exact) mass is 283 g/mol. The zero-order valence-corrected chi connectivity index (χ0v) is 11.8. The van der Waals surface area contributed by atoms with Gasteiger partial charge in [-0.3, -0.25) is 4.79 Å². The minimum Gasteiger partial charge on any atom is -0.462 e. The summed E-state index contributed by atoms with van der Waals surface area (Å²) in [6.07, 6.45) is 0.262. The normalized spacial score (nSPS) is 9.95. The number of benzene rings is 2. The van der Waals surface area contributed by atoms with Gasteiger partial charge in [-0.25, -0.2) is 4.79 Å². The zero-order chi connectivity index (χ0) is 15.1. The first-order valence-electron chi connectivity index (χ1n) is 6.80. The molecule has 1 amide bonds. The molecular weight excluding hydrogens is 266 g/mol. The molecular formula is C17H17NO3. The standard InChI is InChI=1S/C17H17NO3/c1-2-21-17(20)14-10-8-13(9-11-14)12-16(19)18-15-6-4-3-5-7-15/h3-11H,2,12H2,1H3,(H,18,19). The van der Waals surface area contributed by atoms with Crippen LogP contribution in [-0.2, 0) is 16.0 Å². The summed E-state index contributed by atoms with van der Waals surface area (Å²) in [5.41, 5.74) is 2.10. The van der Waals surface area contributed by atoms with Crippen molar-refractivity contribution in [2.24, 2.45) is 0 Å². The first kappa shape index (κ1) is 14.8. The third kappa shape index (κ3) is 4.45. The predicted octanol–water partition coefficient (Wildman–Crippen LogP) is 3.04. The molecule has 2 rings (SSSR count). The highest BCUT2D eigenvalue weighted by Gasteiger charge is 2.08. The molecule has 1 N–H and O–H groups in total. The molecule has 0 aromatic heterocycles. The van der Waals surface area contributed by atoms with Crippen LogP contribution in [0.5, 0.6) is 0 Å². The number of amides is 1.